The van der Waals surface area contributed by atoms with E-state index in [-0.39, 0.29) is 6.79 Å². The molecule has 1 aliphatic rings. The number of nitrogen functional groups attached to an aromatic ring is 1. The second-order valence-corrected chi connectivity index (χ2v) is 4.51. The largest absolute Gasteiger partial charge is 0.454 e. The summed E-state index contributed by atoms with van der Waals surface area (Å²) in [5.41, 5.74) is 8.33. The Hall–Kier alpha value is -3.09. The topological polar surface area (TPSA) is 88.1 Å². The predicted molar refractivity (Wildman–Crippen MR) is 75.1 cm³/mol. The number of hydrogen-bond acceptors (Lipinski definition) is 6. The van der Waals surface area contributed by atoms with Gasteiger partial charge in [0.1, 0.15) is 5.69 Å². The Morgan fingerprint density at radius 3 is 2.90 bits per heavy atom. The highest BCUT2D eigenvalue weighted by Gasteiger charge is 2.17. The van der Waals surface area contributed by atoms with E-state index in [1.54, 1.807) is 17.1 Å². The molecule has 0 saturated carbocycles. The molecule has 0 fully saturated rings. The smallest absolute Gasteiger partial charge is 0.231 e. The number of hydrogen-bond donors (Lipinski definition) is 1. The fourth-order valence-corrected chi connectivity index (χ4v) is 2.21. The zero-order valence-electron chi connectivity index (χ0n) is 10.9. The van der Waals surface area contributed by atoms with Gasteiger partial charge in [0.25, 0.3) is 0 Å². The number of aromatic nitrogens is 4. The Kier molecular flexibility index (Phi) is 2.50. The summed E-state index contributed by atoms with van der Waals surface area (Å²) in [6, 6.07) is 9.21. The molecular weight excluding hydrogens is 270 g/mol. The van der Waals surface area contributed by atoms with Crippen LogP contribution >= 0.6 is 0 Å². The van der Waals surface area contributed by atoms with Gasteiger partial charge in [-0.15, -0.1) is 5.10 Å². The van der Waals surface area contributed by atoms with Gasteiger partial charge < -0.3 is 15.2 Å². The molecule has 0 saturated heterocycles. The fraction of sp³-hybridized carbons (Fsp3) is 0.0714. The summed E-state index contributed by atoms with van der Waals surface area (Å²) in [6.07, 6.45) is 3.40. The van der Waals surface area contributed by atoms with Crippen LogP contribution in [-0.2, 0) is 0 Å². The lowest BCUT2D eigenvalue weighted by Gasteiger charge is -2.04. The molecule has 3 aromatic rings. The van der Waals surface area contributed by atoms with Gasteiger partial charge in [0, 0.05) is 24.0 Å². The van der Waals surface area contributed by atoms with Gasteiger partial charge in [0.15, 0.2) is 17.3 Å². The second kappa shape index (κ2) is 4.48. The Morgan fingerprint density at radius 2 is 2.05 bits per heavy atom. The van der Waals surface area contributed by atoms with E-state index < -0.39 is 0 Å². The standard InChI is InChI=1S/C14H11N5O2/c15-14-13(9-2-1-5-16-7-9)17-18-19(14)10-3-4-11-12(6-10)21-8-20-11/h1-7H,8,15H2. The van der Waals surface area contributed by atoms with Gasteiger partial charge >= 0.3 is 0 Å². The van der Waals surface area contributed by atoms with Crippen LogP contribution < -0.4 is 15.2 Å². The maximum Gasteiger partial charge on any atom is 0.231 e. The summed E-state index contributed by atoms with van der Waals surface area (Å²) in [5.74, 6) is 1.83. The number of ether oxygens (including phenoxy) is 2. The van der Waals surface area contributed by atoms with Gasteiger partial charge in [-0.3, -0.25) is 4.98 Å². The summed E-state index contributed by atoms with van der Waals surface area (Å²) >= 11 is 0. The molecule has 0 atom stereocenters. The molecule has 21 heavy (non-hydrogen) atoms. The number of pyridine rings is 1. The van der Waals surface area contributed by atoms with Crippen LogP contribution in [0.4, 0.5) is 5.82 Å². The predicted octanol–water partition coefficient (Wildman–Crippen LogP) is 1.64. The first-order valence-corrected chi connectivity index (χ1v) is 6.34. The fourth-order valence-electron chi connectivity index (χ4n) is 2.21. The average molecular weight is 281 g/mol. The third kappa shape index (κ3) is 1.86. The summed E-state index contributed by atoms with van der Waals surface area (Å²) in [4.78, 5) is 4.06. The van der Waals surface area contributed by atoms with E-state index in [0.717, 1.165) is 11.3 Å². The minimum atomic E-state index is 0.229. The van der Waals surface area contributed by atoms with Crippen LogP contribution in [0.2, 0.25) is 0 Å². The van der Waals surface area contributed by atoms with Crippen molar-refractivity contribution in [3.8, 4) is 28.4 Å². The van der Waals surface area contributed by atoms with Crippen molar-refractivity contribution in [3.63, 3.8) is 0 Å². The van der Waals surface area contributed by atoms with Crippen molar-refractivity contribution in [2.24, 2.45) is 0 Å². The Bertz CT molecular complexity index is 800. The van der Waals surface area contributed by atoms with Crippen molar-refractivity contribution in [2.45, 2.75) is 0 Å². The number of benzene rings is 1. The van der Waals surface area contributed by atoms with Crippen molar-refractivity contribution >= 4 is 5.82 Å². The number of fused-ring (bicyclic) bond motifs is 1. The minimum absolute atomic E-state index is 0.229. The normalized spacial score (nSPS) is 12.6. The monoisotopic (exact) mass is 281 g/mol. The Balaban J connectivity index is 1.79. The zero-order chi connectivity index (χ0) is 14.2. The lowest BCUT2D eigenvalue weighted by Crippen LogP contribution is -2.02. The molecule has 0 bridgehead atoms. The average Bonchev–Trinajstić information content (AvgIpc) is 3.13. The van der Waals surface area contributed by atoms with Crippen LogP contribution in [-0.4, -0.2) is 26.8 Å². The molecule has 1 aromatic carbocycles. The Labute approximate surface area is 119 Å². The molecule has 0 aliphatic carbocycles. The molecule has 3 heterocycles. The van der Waals surface area contributed by atoms with Crippen molar-refractivity contribution in [1.29, 1.82) is 0 Å². The molecule has 0 unspecified atom stereocenters. The van der Waals surface area contributed by atoms with Gasteiger partial charge in [-0.1, -0.05) is 5.21 Å². The van der Waals surface area contributed by atoms with Crippen molar-refractivity contribution < 1.29 is 9.47 Å². The van der Waals surface area contributed by atoms with Crippen molar-refractivity contribution in [1.82, 2.24) is 20.0 Å². The highest BCUT2D eigenvalue weighted by atomic mass is 16.7. The molecule has 7 nitrogen and oxygen atoms in total. The first-order chi connectivity index (χ1) is 10.3. The van der Waals surface area contributed by atoms with E-state index in [1.807, 2.05) is 30.3 Å². The van der Waals surface area contributed by atoms with Gasteiger partial charge in [-0.25, -0.2) is 0 Å². The molecule has 7 heteroatoms. The first kappa shape index (κ1) is 11.7. The number of anilines is 1. The summed E-state index contributed by atoms with van der Waals surface area (Å²) in [6.45, 7) is 0.229. The lowest BCUT2D eigenvalue weighted by molar-refractivity contribution is 0.174. The third-order valence-corrected chi connectivity index (χ3v) is 3.24. The van der Waals surface area contributed by atoms with E-state index in [9.17, 15) is 0 Å². The van der Waals surface area contributed by atoms with Crippen LogP contribution in [0.25, 0.3) is 16.9 Å². The summed E-state index contributed by atoms with van der Waals surface area (Å²) < 4.78 is 12.2. The zero-order valence-corrected chi connectivity index (χ0v) is 10.9. The molecule has 0 amide bonds. The number of rotatable bonds is 2. The molecule has 2 aromatic heterocycles. The quantitative estimate of drug-likeness (QED) is 0.768. The van der Waals surface area contributed by atoms with Crippen LogP contribution in [0.15, 0.2) is 42.7 Å². The molecule has 1 aliphatic heterocycles. The lowest BCUT2D eigenvalue weighted by atomic mass is 10.2. The van der Waals surface area contributed by atoms with Gasteiger partial charge in [-0.2, -0.15) is 4.68 Å². The van der Waals surface area contributed by atoms with Crippen molar-refractivity contribution in [3.05, 3.63) is 42.7 Å². The van der Waals surface area contributed by atoms with Crippen LogP contribution in [0, 0.1) is 0 Å². The van der Waals surface area contributed by atoms with E-state index in [1.165, 1.54) is 0 Å². The van der Waals surface area contributed by atoms with Crippen LogP contribution in [0.3, 0.4) is 0 Å². The third-order valence-electron chi connectivity index (χ3n) is 3.24. The molecule has 2 N–H and O–H groups in total. The molecule has 4 rings (SSSR count). The summed E-state index contributed by atoms with van der Waals surface area (Å²) in [7, 11) is 0. The molecule has 104 valence electrons. The van der Waals surface area contributed by atoms with E-state index >= 15 is 0 Å². The maximum absolute atomic E-state index is 6.15. The van der Waals surface area contributed by atoms with E-state index in [4.69, 9.17) is 15.2 Å². The second-order valence-electron chi connectivity index (χ2n) is 4.51. The highest BCUT2D eigenvalue weighted by molar-refractivity contribution is 5.70. The minimum Gasteiger partial charge on any atom is -0.454 e. The van der Waals surface area contributed by atoms with E-state index in [2.05, 4.69) is 15.3 Å². The number of nitrogens with zero attached hydrogens (tertiary/aromatic N) is 4. The van der Waals surface area contributed by atoms with Crippen molar-refractivity contribution in [2.75, 3.05) is 12.5 Å². The van der Waals surface area contributed by atoms with Crippen LogP contribution in [0.1, 0.15) is 0 Å². The first-order valence-electron chi connectivity index (χ1n) is 6.34. The Morgan fingerprint density at radius 1 is 1.14 bits per heavy atom. The molecular formula is C14H11N5O2. The summed E-state index contributed by atoms with van der Waals surface area (Å²) in [5, 5.41) is 8.24. The van der Waals surface area contributed by atoms with Gasteiger partial charge in [0.2, 0.25) is 6.79 Å². The number of nitrogens with two attached hydrogens (primary N) is 1. The van der Waals surface area contributed by atoms with E-state index in [0.29, 0.717) is 23.0 Å². The molecule has 0 spiro atoms. The van der Waals surface area contributed by atoms with Gasteiger partial charge in [0.05, 0.1) is 5.69 Å². The highest BCUT2D eigenvalue weighted by Crippen LogP contribution is 2.34. The van der Waals surface area contributed by atoms with Crippen LogP contribution in [0.5, 0.6) is 11.5 Å². The SMILES string of the molecule is Nc1c(-c2cccnc2)nnn1-c1ccc2c(c1)OCO2. The molecule has 0 radical (unpaired) electrons. The maximum atomic E-state index is 6.15. The van der Waals surface area contributed by atoms with Gasteiger partial charge in [-0.05, 0) is 24.3 Å².